The van der Waals surface area contributed by atoms with E-state index in [0.29, 0.717) is 5.75 Å². The molecule has 0 spiro atoms. The summed E-state index contributed by atoms with van der Waals surface area (Å²) in [7, 11) is -3.79. The van der Waals surface area contributed by atoms with Gasteiger partial charge in [0, 0.05) is 0 Å². The molecular formula is C13H17NO5S. The molecule has 0 bridgehead atoms. The Bertz CT molecular complexity index is 561. The molecule has 0 atom stereocenters. The molecule has 0 aliphatic heterocycles. The second kappa shape index (κ2) is 6.23. The highest BCUT2D eigenvalue weighted by Crippen LogP contribution is 2.24. The van der Waals surface area contributed by atoms with Crippen LogP contribution in [-0.4, -0.2) is 32.1 Å². The first-order chi connectivity index (χ1) is 9.47. The predicted molar refractivity (Wildman–Crippen MR) is 72.2 cm³/mol. The summed E-state index contributed by atoms with van der Waals surface area (Å²) in [5.74, 6) is -0.594. The molecule has 1 fully saturated rings. The van der Waals surface area contributed by atoms with Gasteiger partial charge in [-0.1, -0.05) is 0 Å². The Kier molecular flexibility index (Phi) is 4.61. The van der Waals surface area contributed by atoms with Gasteiger partial charge in [0.15, 0.2) is 0 Å². The van der Waals surface area contributed by atoms with Crippen LogP contribution in [0.25, 0.3) is 0 Å². The van der Waals surface area contributed by atoms with E-state index in [1.807, 2.05) is 4.72 Å². The number of carboxylic acid groups (broad SMARTS) is 1. The molecule has 110 valence electrons. The molecule has 0 heterocycles. The summed E-state index contributed by atoms with van der Waals surface area (Å²) in [6.45, 7) is -0.636. The smallest absolute Gasteiger partial charge is 0.318 e. The van der Waals surface area contributed by atoms with Gasteiger partial charge in [0.1, 0.15) is 12.3 Å². The molecule has 7 heteroatoms. The number of sulfonamides is 1. The lowest BCUT2D eigenvalue weighted by molar-refractivity contribution is -0.135. The molecule has 0 radical (unpaired) electrons. The lowest BCUT2D eigenvalue weighted by Gasteiger charge is -2.13. The third-order valence-corrected chi connectivity index (χ3v) is 4.57. The van der Waals surface area contributed by atoms with Crippen molar-refractivity contribution in [2.45, 2.75) is 36.7 Å². The van der Waals surface area contributed by atoms with E-state index in [2.05, 4.69) is 0 Å². The number of nitrogens with one attached hydrogen (secondary N) is 1. The Labute approximate surface area is 117 Å². The summed E-state index contributed by atoms with van der Waals surface area (Å²) >= 11 is 0. The second-order valence-corrected chi connectivity index (χ2v) is 6.48. The third-order valence-electron chi connectivity index (χ3n) is 3.15. The van der Waals surface area contributed by atoms with Gasteiger partial charge in [-0.3, -0.25) is 4.79 Å². The predicted octanol–water partition coefficient (Wildman–Crippen LogP) is 1.37. The maximum absolute atomic E-state index is 11.8. The second-order valence-electron chi connectivity index (χ2n) is 4.71. The molecular weight excluding hydrogens is 282 g/mol. The van der Waals surface area contributed by atoms with E-state index in [9.17, 15) is 13.2 Å². The van der Waals surface area contributed by atoms with E-state index in [-0.39, 0.29) is 11.0 Å². The Morgan fingerprint density at radius 2 is 1.85 bits per heavy atom. The van der Waals surface area contributed by atoms with Crippen molar-refractivity contribution in [2.24, 2.45) is 0 Å². The zero-order valence-electron chi connectivity index (χ0n) is 10.9. The molecule has 1 saturated carbocycles. The largest absolute Gasteiger partial charge is 0.490 e. The minimum absolute atomic E-state index is 0.0255. The first kappa shape index (κ1) is 14.8. The van der Waals surface area contributed by atoms with Crippen LogP contribution in [0.4, 0.5) is 0 Å². The van der Waals surface area contributed by atoms with Gasteiger partial charge >= 0.3 is 5.97 Å². The average molecular weight is 299 g/mol. The number of ether oxygens (including phenoxy) is 1. The number of benzene rings is 1. The molecule has 6 nitrogen and oxygen atoms in total. The summed E-state index contributed by atoms with van der Waals surface area (Å²) in [6, 6.07) is 6.00. The Hall–Kier alpha value is -1.60. The fourth-order valence-electron chi connectivity index (χ4n) is 2.14. The van der Waals surface area contributed by atoms with Crippen molar-refractivity contribution in [3.63, 3.8) is 0 Å². The van der Waals surface area contributed by atoms with Gasteiger partial charge in [-0.25, -0.2) is 8.42 Å². The van der Waals surface area contributed by atoms with Gasteiger partial charge in [0.25, 0.3) is 0 Å². The topological polar surface area (TPSA) is 92.7 Å². The number of hydrogen-bond acceptors (Lipinski definition) is 4. The van der Waals surface area contributed by atoms with Crippen molar-refractivity contribution in [1.82, 2.24) is 4.72 Å². The van der Waals surface area contributed by atoms with Crippen LogP contribution in [0.2, 0.25) is 0 Å². The van der Waals surface area contributed by atoms with Crippen LogP contribution < -0.4 is 9.46 Å². The molecule has 2 rings (SSSR count). The number of rotatable bonds is 6. The van der Waals surface area contributed by atoms with Crippen LogP contribution in [0, 0.1) is 0 Å². The Morgan fingerprint density at radius 3 is 2.40 bits per heavy atom. The molecule has 1 aromatic rings. The van der Waals surface area contributed by atoms with Crippen LogP contribution in [0.5, 0.6) is 5.75 Å². The fourth-order valence-corrected chi connectivity index (χ4v) is 3.11. The summed E-state index contributed by atoms with van der Waals surface area (Å²) in [6.07, 6.45) is 4.59. The first-order valence-electron chi connectivity index (χ1n) is 6.45. The number of aliphatic carboxylic acids is 1. The summed E-state index contributed by atoms with van der Waals surface area (Å²) in [5.41, 5.74) is 0. The van der Waals surface area contributed by atoms with Crippen LogP contribution in [0.15, 0.2) is 29.2 Å². The number of carboxylic acids is 1. The van der Waals surface area contributed by atoms with E-state index >= 15 is 0 Å². The Balaban J connectivity index is 2.01. The molecule has 0 aromatic heterocycles. The SMILES string of the molecule is O=C(O)CNS(=O)(=O)c1ccc(OC2CCCC2)cc1. The van der Waals surface area contributed by atoms with Crippen LogP contribution in [0.3, 0.4) is 0 Å². The highest BCUT2D eigenvalue weighted by atomic mass is 32.2. The standard InChI is InChI=1S/C13H17NO5S/c15-13(16)9-14-20(17,18)12-7-5-11(6-8-12)19-10-3-1-2-4-10/h5-8,10,14H,1-4,9H2,(H,15,16). The maximum atomic E-state index is 11.8. The number of carbonyl (C=O) groups is 1. The lowest BCUT2D eigenvalue weighted by Crippen LogP contribution is -2.29. The van der Waals surface area contributed by atoms with Gasteiger partial charge < -0.3 is 9.84 Å². The van der Waals surface area contributed by atoms with E-state index in [0.717, 1.165) is 25.7 Å². The van der Waals surface area contributed by atoms with Crippen molar-refractivity contribution in [2.75, 3.05) is 6.54 Å². The molecule has 1 aliphatic rings. The van der Waals surface area contributed by atoms with E-state index in [1.54, 1.807) is 12.1 Å². The van der Waals surface area contributed by atoms with Crippen LogP contribution in [-0.2, 0) is 14.8 Å². The summed E-state index contributed by atoms with van der Waals surface area (Å²) in [4.78, 5) is 10.4. The van der Waals surface area contributed by atoms with Crippen LogP contribution in [0.1, 0.15) is 25.7 Å². The van der Waals surface area contributed by atoms with Gasteiger partial charge in [0.2, 0.25) is 10.0 Å². The van der Waals surface area contributed by atoms with Crippen molar-refractivity contribution >= 4 is 16.0 Å². The highest BCUT2D eigenvalue weighted by molar-refractivity contribution is 7.89. The van der Waals surface area contributed by atoms with Gasteiger partial charge in [-0.15, -0.1) is 0 Å². The normalized spacial score (nSPS) is 16.2. The molecule has 2 N–H and O–H groups in total. The minimum atomic E-state index is -3.79. The van der Waals surface area contributed by atoms with Gasteiger partial charge in [-0.05, 0) is 49.9 Å². The summed E-state index contributed by atoms with van der Waals surface area (Å²) in [5, 5.41) is 8.48. The van der Waals surface area contributed by atoms with Crippen molar-refractivity contribution in [3.05, 3.63) is 24.3 Å². The Morgan fingerprint density at radius 1 is 1.25 bits per heavy atom. The van der Waals surface area contributed by atoms with Crippen LogP contribution >= 0.6 is 0 Å². The van der Waals surface area contributed by atoms with E-state index < -0.39 is 22.5 Å². The third kappa shape index (κ3) is 3.94. The van der Waals surface area contributed by atoms with Gasteiger partial charge in [-0.2, -0.15) is 4.72 Å². The number of hydrogen-bond donors (Lipinski definition) is 2. The lowest BCUT2D eigenvalue weighted by atomic mass is 10.3. The van der Waals surface area contributed by atoms with E-state index in [4.69, 9.17) is 9.84 Å². The van der Waals surface area contributed by atoms with Gasteiger partial charge in [0.05, 0.1) is 11.0 Å². The zero-order chi connectivity index (χ0) is 14.6. The van der Waals surface area contributed by atoms with E-state index in [1.165, 1.54) is 12.1 Å². The monoisotopic (exact) mass is 299 g/mol. The molecule has 0 unspecified atom stereocenters. The van der Waals surface area contributed by atoms with Crippen molar-refractivity contribution < 1.29 is 23.1 Å². The summed E-state index contributed by atoms with van der Waals surface area (Å²) < 4.78 is 31.3. The molecule has 1 aliphatic carbocycles. The molecule has 0 amide bonds. The quantitative estimate of drug-likeness (QED) is 0.827. The average Bonchev–Trinajstić information content (AvgIpc) is 2.90. The zero-order valence-corrected chi connectivity index (χ0v) is 11.7. The molecule has 0 saturated heterocycles. The molecule has 20 heavy (non-hydrogen) atoms. The fraction of sp³-hybridized carbons (Fsp3) is 0.462. The highest BCUT2D eigenvalue weighted by Gasteiger charge is 2.18. The molecule has 1 aromatic carbocycles. The van der Waals surface area contributed by atoms with Crippen molar-refractivity contribution in [3.8, 4) is 5.75 Å². The first-order valence-corrected chi connectivity index (χ1v) is 7.94. The maximum Gasteiger partial charge on any atom is 0.318 e. The van der Waals surface area contributed by atoms with Crippen molar-refractivity contribution in [1.29, 1.82) is 0 Å². The minimum Gasteiger partial charge on any atom is -0.490 e.